The Kier molecular flexibility index (Phi) is 4.10. The number of anilines is 1. The van der Waals surface area contributed by atoms with Gasteiger partial charge in [0.15, 0.2) is 28.9 Å². The smallest absolute Gasteiger partial charge is 0.183 e. The van der Waals surface area contributed by atoms with Crippen molar-refractivity contribution in [3.05, 3.63) is 12.7 Å². The molecule has 2 saturated heterocycles. The molecule has 0 aliphatic carbocycles. The van der Waals surface area contributed by atoms with Gasteiger partial charge < -0.3 is 24.6 Å². The second kappa shape index (κ2) is 6.08. The summed E-state index contributed by atoms with van der Waals surface area (Å²) in [5.74, 6) is 0.654. The molecule has 2 fully saturated rings. The van der Waals surface area contributed by atoms with Crippen LogP contribution in [0.3, 0.4) is 0 Å². The molecule has 2 aliphatic heterocycles. The molecule has 10 heteroatoms. The minimum absolute atomic E-state index is 0.407. The van der Waals surface area contributed by atoms with E-state index in [1.807, 2.05) is 4.90 Å². The average Bonchev–Trinajstić information content (AvgIpc) is 3.13. The monoisotopic (exact) mass is 367 g/mol. The van der Waals surface area contributed by atoms with Crippen LogP contribution in [0.5, 0.6) is 0 Å². The first kappa shape index (κ1) is 17.5. The van der Waals surface area contributed by atoms with Crippen LogP contribution < -0.4 is 4.90 Å². The van der Waals surface area contributed by atoms with Crippen molar-refractivity contribution in [2.45, 2.75) is 37.4 Å². The summed E-state index contributed by atoms with van der Waals surface area (Å²) in [5, 5.41) is 20.0. The first-order valence-corrected chi connectivity index (χ1v) is 8.55. The van der Waals surface area contributed by atoms with Crippen LogP contribution in [0.25, 0.3) is 11.2 Å². The zero-order valence-corrected chi connectivity index (χ0v) is 14.7. The van der Waals surface area contributed by atoms with Crippen molar-refractivity contribution in [2.24, 2.45) is 0 Å². The van der Waals surface area contributed by atoms with E-state index in [1.54, 1.807) is 0 Å². The summed E-state index contributed by atoms with van der Waals surface area (Å²) in [7, 11) is 0. The third kappa shape index (κ3) is 2.40. The largest absolute Gasteiger partial charge is 0.394 e. The van der Waals surface area contributed by atoms with Crippen LogP contribution in [0, 0.1) is 0 Å². The number of halogens is 1. The fourth-order valence-electron chi connectivity index (χ4n) is 3.55. The number of aliphatic hydroxyl groups is 2. The maximum absolute atomic E-state index is 15.4. The Balaban J connectivity index is 1.77. The molecule has 9 nitrogen and oxygen atoms in total. The number of ether oxygens (including phenoxy) is 2. The Labute approximate surface area is 149 Å². The molecule has 4 heterocycles. The Morgan fingerprint density at radius 2 is 2.00 bits per heavy atom. The second-order valence-electron chi connectivity index (χ2n) is 7.00. The summed E-state index contributed by atoms with van der Waals surface area (Å²) in [5.41, 5.74) is -3.08. The molecule has 0 bridgehead atoms. The molecular weight excluding hydrogens is 345 g/mol. The molecule has 2 aromatic heterocycles. The summed E-state index contributed by atoms with van der Waals surface area (Å²) in [4.78, 5) is 15.0. The molecule has 0 unspecified atom stereocenters. The van der Waals surface area contributed by atoms with E-state index in [2.05, 4.69) is 15.0 Å². The van der Waals surface area contributed by atoms with E-state index in [0.29, 0.717) is 43.3 Å². The summed E-state index contributed by atoms with van der Waals surface area (Å²) in [6, 6.07) is 0. The third-order valence-corrected chi connectivity index (χ3v) is 5.44. The van der Waals surface area contributed by atoms with Gasteiger partial charge in [-0.15, -0.1) is 0 Å². The van der Waals surface area contributed by atoms with E-state index in [9.17, 15) is 10.2 Å². The number of fused-ring (bicyclic) bond motifs is 1. The fraction of sp³-hybridized carbons (Fsp3) is 0.688. The highest BCUT2D eigenvalue weighted by atomic mass is 19.1. The van der Waals surface area contributed by atoms with E-state index in [4.69, 9.17) is 9.47 Å². The van der Waals surface area contributed by atoms with Gasteiger partial charge in [0.05, 0.1) is 26.1 Å². The van der Waals surface area contributed by atoms with Gasteiger partial charge in [-0.05, 0) is 13.8 Å². The van der Waals surface area contributed by atoms with E-state index in [-0.39, 0.29) is 0 Å². The number of alkyl halides is 1. The number of aromatic nitrogens is 4. The van der Waals surface area contributed by atoms with Crippen molar-refractivity contribution in [3.63, 3.8) is 0 Å². The lowest BCUT2D eigenvalue weighted by molar-refractivity contribution is -0.0891. The van der Waals surface area contributed by atoms with Crippen LogP contribution in [0.2, 0.25) is 0 Å². The first-order chi connectivity index (χ1) is 12.4. The minimum atomic E-state index is -2.15. The van der Waals surface area contributed by atoms with Crippen molar-refractivity contribution in [1.82, 2.24) is 19.5 Å². The van der Waals surface area contributed by atoms with Crippen molar-refractivity contribution < 1.29 is 24.1 Å². The molecule has 0 spiro atoms. The lowest BCUT2D eigenvalue weighted by atomic mass is 9.85. The van der Waals surface area contributed by atoms with Crippen LogP contribution in [0.1, 0.15) is 20.1 Å². The number of hydrogen-bond donors (Lipinski definition) is 2. The highest BCUT2D eigenvalue weighted by Crippen LogP contribution is 2.48. The van der Waals surface area contributed by atoms with Gasteiger partial charge in [0.25, 0.3) is 0 Å². The van der Waals surface area contributed by atoms with Gasteiger partial charge in [-0.3, -0.25) is 4.57 Å². The Bertz CT molecular complexity index is 805. The number of aliphatic hydroxyl groups excluding tert-OH is 1. The molecule has 4 rings (SSSR count). The molecule has 0 radical (unpaired) electrons. The van der Waals surface area contributed by atoms with Crippen LogP contribution >= 0.6 is 0 Å². The van der Waals surface area contributed by atoms with Gasteiger partial charge >= 0.3 is 0 Å². The quantitative estimate of drug-likeness (QED) is 0.783. The van der Waals surface area contributed by atoms with Crippen LogP contribution in [-0.4, -0.2) is 80.0 Å². The van der Waals surface area contributed by atoms with Crippen molar-refractivity contribution in [2.75, 3.05) is 37.8 Å². The normalized spacial score (nSPS) is 35.3. The molecule has 2 aromatic rings. The zero-order chi connectivity index (χ0) is 18.5. The van der Waals surface area contributed by atoms with Gasteiger partial charge in [-0.2, -0.15) is 0 Å². The standard InChI is InChI=1S/C16H22FN5O4/c1-15(17)14(26-10(7-23)16(15,2)24)22-9-20-11-12(18-8-19-13(11)22)21-3-5-25-6-4-21/h8-10,14,23-24H,3-7H2,1-2H3/t10-,14+,15+,16-/m1/s1. The lowest BCUT2D eigenvalue weighted by Crippen LogP contribution is -2.51. The molecule has 2 N–H and O–H groups in total. The van der Waals surface area contributed by atoms with Crippen molar-refractivity contribution >= 4 is 17.0 Å². The highest BCUT2D eigenvalue weighted by Gasteiger charge is 2.63. The first-order valence-electron chi connectivity index (χ1n) is 8.55. The molecular formula is C16H22FN5O4. The molecule has 0 amide bonds. The van der Waals surface area contributed by atoms with E-state index in [0.717, 1.165) is 0 Å². The van der Waals surface area contributed by atoms with Gasteiger partial charge in [0, 0.05) is 13.1 Å². The summed E-state index contributed by atoms with van der Waals surface area (Å²) < 4.78 is 27.9. The van der Waals surface area contributed by atoms with Gasteiger partial charge in [0.1, 0.15) is 18.0 Å². The maximum atomic E-state index is 15.4. The molecule has 0 aromatic carbocycles. The molecule has 0 saturated carbocycles. The molecule has 26 heavy (non-hydrogen) atoms. The highest BCUT2D eigenvalue weighted by molar-refractivity contribution is 5.83. The average molecular weight is 367 g/mol. The van der Waals surface area contributed by atoms with E-state index in [1.165, 1.54) is 31.1 Å². The number of morpholine rings is 1. The number of imidazole rings is 1. The third-order valence-electron chi connectivity index (χ3n) is 5.44. The Hall–Kier alpha value is -1.88. The molecule has 2 aliphatic rings. The number of hydrogen-bond acceptors (Lipinski definition) is 8. The van der Waals surface area contributed by atoms with Gasteiger partial charge in [-0.1, -0.05) is 0 Å². The van der Waals surface area contributed by atoms with Crippen LogP contribution in [0.15, 0.2) is 12.7 Å². The Morgan fingerprint density at radius 1 is 1.27 bits per heavy atom. The van der Waals surface area contributed by atoms with Gasteiger partial charge in [-0.25, -0.2) is 19.3 Å². The Morgan fingerprint density at radius 3 is 2.65 bits per heavy atom. The summed E-state index contributed by atoms with van der Waals surface area (Å²) >= 11 is 0. The predicted molar refractivity (Wildman–Crippen MR) is 89.5 cm³/mol. The van der Waals surface area contributed by atoms with Crippen molar-refractivity contribution in [3.8, 4) is 0 Å². The van der Waals surface area contributed by atoms with Crippen molar-refractivity contribution in [1.29, 1.82) is 0 Å². The van der Waals surface area contributed by atoms with Crippen LogP contribution in [-0.2, 0) is 9.47 Å². The van der Waals surface area contributed by atoms with E-state index < -0.39 is 30.2 Å². The zero-order valence-electron chi connectivity index (χ0n) is 14.7. The minimum Gasteiger partial charge on any atom is -0.394 e. The number of rotatable bonds is 3. The summed E-state index contributed by atoms with van der Waals surface area (Å²) in [6.45, 7) is 4.64. The topological polar surface area (TPSA) is 106 Å². The van der Waals surface area contributed by atoms with Crippen LogP contribution in [0.4, 0.5) is 10.2 Å². The number of nitrogens with zero attached hydrogens (tertiary/aromatic N) is 5. The summed E-state index contributed by atoms with van der Waals surface area (Å²) in [6.07, 6.45) is 0.603. The second-order valence-corrected chi connectivity index (χ2v) is 7.00. The van der Waals surface area contributed by atoms with E-state index >= 15 is 4.39 Å². The lowest BCUT2D eigenvalue weighted by Gasteiger charge is -2.32. The molecule has 4 atom stereocenters. The van der Waals surface area contributed by atoms with Gasteiger partial charge in [0.2, 0.25) is 0 Å². The predicted octanol–water partition coefficient (Wildman–Crippen LogP) is 0.0318. The molecule has 142 valence electrons. The fourth-order valence-corrected chi connectivity index (χ4v) is 3.55. The maximum Gasteiger partial charge on any atom is 0.183 e. The SMILES string of the molecule is C[C@]1(F)[C@@H](n2cnc3c(N4CCOCC4)ncnc32)O[C@H](CO)[C@@]1(C)O.